The van der Waals surface area contributed by atoms with Crippen LogP contribution in [-0.2, 0) is 4.79 Å². The number of para-hydroxylation sites is 1. The van der Waals surface area contributed by atoms with Gasteiger partial charge in [-0.1, -0.05) is 18.2 Å². The smallest absolute Gasteiger partial charge is 0.307 e. The fraction of sp³-hybridized carbons (Fsp3) is 0.158. The van der Waals surface area contributed by atoms with Crippen LogP contribution in [0.3, 0.4) is 0 Å². The second-order valence-electron chi connectivity index (χ2n) is 6.25. The summed E-state index contributed by atoms with van der Waals surface area (Å²) < 4.78 is 12.5. The van der Waals surface area contributed by atoms with Gasteiger partial charge in [-0.2, -0.15) is 5.10 Å². The first-order chi connectivity index (χ1) is 13.5. The summed E-state index contributed by atoms with van der Waals surface area (Å²) in [7, 11) is 1.51. The molecule has 2 aromatic carbocycles. The zero-order chi connectivity index (χ0) is 19.8. The van der Waals surface area contributed by atoms with E-state index in [1.807, 2.05) is 24.3 Å². The van der Waals surface area contributed by atoms with E-state index in [9.17, 15) is 14.9 Å². The number of carbonyl (C=O) groups excluding carboxylic acids is 1. The molecule has 0 aliphatic carbocycles. The maximum atomic E-state index is 12.6. The Morgan fingerprint density at radius 3 is 2.79 bits per heavy atom. The Bertz CT molecular complexity index is 1210. The van der Waals surface area contributed by atoms with Crippen LogP contribution in [0.4, 0.5) is 11.4 Å². The lowest BCUT2D eigenvalue weighted by Crippen LogP contribution is -2.24. The van der Waals surface area contributed by atoms with Crippen LogP contribution >= 0.6 is 0 Å². The van der Waals surface area contributed by atoms with Crippen molar-refractivity contribution in [3.8, 4) is 5.75 Å². The Morgan fingerprint density at radius 1 is 1.29 bits per heavy atom. The summed E-state index contributed by atoms with van der Waals surface area (Å²) in [4.78, 5) is 22.9. The minimum atomic E-state index is -0.759. The van der Waals surface area contributed by atoms with Crippen LogP contribution < -0.4 is 10.1 Å². The van der Waals surface area contributed by atoms with E-state index in [2.05, 4.69) is 10.4 Å². The number of carbonyl (C=O) groups is 1. The van der Waals surface area contributed by atoms with Crippen LogP contribution in [0.15, 0.2) is 53.2 Å². The van der Waals surface area contributed by atoms with Crippen molar-refractivity contribution in [3.05, 3.63) is 58.9 Å². The van der Waals surface area contributed by atoms with Gasteiger partial charge in [-0.15, -0.1) is 0 Å². The minimum absolute atomic E-state index is 0.180. The number of anilines is 1. The Morgan fingerprint density at radius 2 is 2.07 bits per heavy atom. The Labute approximate surface area is 158 Å². The van der Waals surface area contributed by atoms with Gasteiger partial charge in [0.1, 0.15) is 35.4 Å². The number of nitrogens with one attached hydrogen (secondary N) is 1. The SMILES string of the molecule is COc1cc2c(cc1NC(=O)[C@@H](C)n1cc([N+](=O)[O-])cn1)oc1ccccc12. The van der Waals surface area contributed by atoms with Gasteiger partial charge in [0.2, 0.25) is 5.91 Å². The number of rotatable bonds is 5. The van der Waals surface area contributed by atoms with Gasteiger partial charge < -0.3 is 14.5 Å². The maximum absolute atomic E-state index is 12.6. The topological polar surface area (TPSA) is 112 Å². The molecule has 0 unspecified atom stereocenters. The summed E-state index contributed by atoms with van der Waals surface area (Å²) in [5.74, 6) is 0.0813. The quantitative estimate of drug-likeness (QED) is 0.415. The Balaban J connectivity index is 1.66. The maximum Gasteiger partial charge on any atom is 0.307 e. The van der Waals surface area contributed by atoms with Crippen LogP contribution in [0.1, 0.15) is 13.0 Å². The first-order valence-corrected chi connectivity index (χ1v) is 8.46. The number of amides is 1. The number of nitrogens with zero attached hydrogens (tertiary/aromatic N) is 3. The molecule has 0 saturated carbocycles. The summed E-state index contributed by atoms with van der Waals surface area (Å²) in [5, 5.41) is 19.3. The van der Waals surface area contributed by atoms with E-state index in [-0.39, 0.29) is 5.69 Å². The fourth-order valence-corrected chi connectivity index (χ4v) is 3.01. The van der Waals surface area contributed by atoms with Gasteiger partial charge in [0.05, 0.1) is 17.7 Å². The molecule has 0 fully saturated rings. The lowest BCUT2D eigenvalue weighted by Gasteiger charge is -2.14. The zero-order valence-corrected chi connectivity index (χ0v) is 15.1. The predicted molar refractivity (Wildman–Crippen MR) is 102 cm³/mol. The second-order valence-corrected chi connectivity index (χ2v) is 6.25. The first-order valence-electron chi connectivity index (χ1n) is 8.46. The normalized spacial score (nSPS) is 12.2. The number of furan rings is 1. The summed E-state index contributed by atoms with van der Waals surface area (Å²) >= 11 is 0. The van der Waals surface area contributed by atoms with Gasteiger partial charge in [-0.3, -0.25) is 19.6 Å². The van der Waals surface area contributed by atoms with Gasteiger partial charge in [0, 0.05) is 16.8 Å². The molecule has 2 aromatic heterocycles. The van der Waals surface area contributed by atoms with Crippen molar-refractivity contribution in [1.82, 2.24) is 9.78 Å². The lowest BCUT2D eigenvalue weighted by molar-refractivity contribution is -0.385. The molecule has 0 saturated heterocycles. The van der Waals surface area contributed by atoms with E-state index < -0.39 is 16.9 Å². The molecule has 0 bridgehead atoms. The van der Waals surface area contributed by atoms with Crippen molar-refractivity contribution in [2.24, 2.45) is 0 Å². The molecule has 2 heterocycles. The molecule has 0 aliphatic rings. The summed E-state index contributed by atoms with van der Waals surface area (Å²) in [5.41, 5.74) is 1.61. The largest absolute Gasteiger partial charge is 0.495 e. The molecule has 1 atom stereocenters. The number of ether oxygens (including phenoxy) is 1. The predicted octanol–water partition coefficient (Wildman–Crippen LogP) is 3.90. The van der Waals surface area contributed by atoms with E-state index in [1.54, 1.807) is 19.1 Å². The van der Waals surface area contributed by atoms with E-state index in [0.717, 1.165) is 22.6 Å². The monoisotopic (exact) mass is 380 g/mol. The van der Waals surface area contributed by atoms with E-state index in [4.69, 9.17) is 9.15 Å². The van der Waals surface area contributed by atoms with Gasteiger partial charge in [0.15, 0.2) is 0 Å². The molecule has 0 aliphatic heterocycles. The minimum Gasteiger partial charge on any atom is -0.495 e. The number of methoxy groups -OCH3 is 1. The summed E-state index contributed by atoms with van der Waals surface area (Å²) in [6.07, 6.45) is 2.31. The number of fused-ring (bicyclic) bond motifs is 3. The molecular formula is C19H16N4O5. The highest BCUT2D eigenvalue weighted by atomic mass is 16.6. The zero-order valence-electron chi connectivity index (χ0n) is 15.1. The second kappa shape index (κ2) is 6.69. The van der Waals surface area contributed by atoms with Gasteiger partial charge in [0.25, 0.3) is 0 Å². The van der Waals surface area contributed by atoms with E-state index >= 15 is 0 Å². The lowest BCUT2D eigenvalue weighted by atomic mass is 10.1. The highest BCUT2D eigenvalue weighted by molar-refractivity contribution is 6.08. The van der Waals surface area contributed by atoms with Crippen molar-refractivity contribution < 1.29 is 18.9 Å². The van der Waals surface area contributed by atoms with Crippen molar-refractivity contribution in [2.45, 2.75) is 13.0 Å². The first kappa shape index (κ1) is 17.5. The molecule has 142 valence electrons. The van der Waals surface area contributed by atoms with Gasteiger partial charge >= 0.3 is 5.69 Å². The molecular weight excluding hydrogens is 364 g/mol. The highest BCUT2D eigenvalue weighted by Gasteiger charge is 2.21. The summed E-state index contributed by atoms with van der Waals surface area (Å²) in [6.45, 7) is 1.60. The molecule has 9 nitrogen and oxygen atoms in total. The number of nitro groups is 1. The molecule has 0 spiro atoms. The van der Waals surface area contributed by atoms with Gasteiger partial charge in [-0.25, -0.2) is 0 Å². The molecule has 4 aromatic rings. The van der Waals surface area contributed by atoms with Crippen molar-refractivity contribution >= 4 is 39.2 Å². The standard InChI is InChI=1S/C19H16N4O5/c1-11(22-10-12(9-20-22)23(25)26)19(24)21-15-8-17-14(7-18(15)27-2)13-5-3-4-6-16(13)28-17/h3-11H,1-2H3,(H,21,24)/t11-/m1/s1. The third-order valence-corrected chi connectivity index (χ3v) is 4.53. The molecule has 1 N–H and O–H groups in total. The van der Waals surface area contributed by atoms with Crippen molar-refractivity contribution in [2.75, 3.05) is 12.4 Å². The van der Waals surface area contributed by atoms with Crippen molar-refractivity contribution in [1.29, 1.82) is 0 Å². The van der Waals surface area contributed by atoms with Crippen LogP contribution in [0.5, 0.6) is 5.75 Å². The third kappa shape index (κ3) is 2.92. The third-order valence-electron chi connectivity index (χ3n) is 4.53. The highest BCUT2D eigenvalue weighted by Crippen LogP contribution is 2.36. The van der Waals surface area contributed by atoms with Crippen LogP contribution in [0.2, 0.25) is 0 Å². The average Bonchev–Trinajstić information content (AvgIpc) is 3.31. The van der Waals surface area contributed by atoms with Crippen LogP contribution in [0.25, 0.3) is 21.9 Å². The van der Waals surface area contributed by atoms with Crippen molar-refractivity contribution in [3.63, 3.8) is 0 Å². The van der Waals surface area contributed by atoms with Crippen LogP contribution in [0, 0.1) is 10.1 Å². The summed E-state index contributed by atoms with van der Waals surface area (Å²) in [6, 6.07) is 10.4. The number of hydrogen-bond acceptors (Lipinski definition) is 6. The fourth-order valence-electron chi connectivity index (χ4n) is 3.01. The average molecular weight is 380 g/mol. The van der Waals surface area contributed by atoms with E-state index in [0.29, 0.717) is 17.0 Å². The van der Waals surface area contributed by atoms with E-state index in [1.165, 1.54) is 18.0 Å². The molecule has 1 amide bonds. The Kier molecular flexibility index (Phi) is 4.19. The van der Waals surface area contributed by atoms with Gasteiger partial charge in [-0.05, 0) is 19.1 Å². The molecule has 0 radical (unpaired) electrons. The molecule has 4 rings (SSSR count). The molecule has 28 heavy (non-hydrogen) atoms. The number of hydrogen-bond donors (Lipinski definition) is 1. The number of aromatic nitrogens is 2. The molecule has 9 heteroatoms. The van der Waals surface area contributed by atoms with Crippen LogP contribution in [-0.4, -0.2) is 27.7 Å². The number of benzene rings is 2. The Hall–Kier alpha value is -3.88.